The van der Waals surface area contributed by atoms with Crippen molar-refractivity contribution in [3.8, 4) is 5.69 Å². The van der Waals surface area contributed by atoms with Crippen LogP contribution in [0, 0.1) is 0 Å². The molecule has 7 heteroatoms. The first-order chi connectivity index (χ1) is 10.3. The minimum Gasteiger partial charge on any atom is -0.382 e. The fourth-order valence-electron chi connectivity index (χ4n) is 2.60. The van der Waals surface area contributed by atoms with Gasteiger partial charge in [-0.25, -0.2) is 0 Å². The highest BCUT2D eigenvalue weighted by Crippen LogP contribution is 2.20. The lowest BCUT2D eigenvalue weighted by molar-refractivity contribution is -0.0515. The maximum Gasteiger partial charge on any atom is 0.250 e. The van der Waals surface area contributed by atoms with Crippen molar-refractivity contribution >= 4 is 5.95 Å². The van der Waals surface area contributed by atoms with Crippen LogP contribution in [0.2, 0.25) is 0 Å². The van der Waals surface area contributed by atoms with Gasteiger partial charge in [-0.3, -0.25) is 0 Å². The first-order valence-electron chi connectivity index (χ1n) is 7.01. The van der Waals surface area contributed by atoms with Crippen molar-refractivity contribution < 1.29 is 9.47 Å². The molecule has 0 bridgehead atoms. The van der Waals surface area contributed by atoms with E-state index < -0.39 is 0 Å². The van der Waals surface area contributed by atoms with Crippen molar-refractivity contribution in [2.75, 3.05) is 31.7 Å². The van der Waals surface area contributed by atoms with Gasteiger partial charge in [0.2, 0.25) is 0 Å². The summed E-state index contributed by atoms with van der Waals surface area (Å²) >= 11 is 0. The molecule has 2 heterocycles. The number of rotatable bonds is 4. The van der Waals surface area contributed by atoms with Gasteiger partial charge in [-0.1, -0.05) is 23.3 Å². The Hall–Kier alpha value is -1.99. The predicted octanol–water partition coefficient (Wildman–Crippen LogP) is 0.902. The van der Waals surface area contributed by atoms with Crippen molar-refractivity contribution in [3.63, 3.8) is 0 Å². The van der Waals surface area contributed by atoms with Gasteiger partial charge in [-0.2, -0.15) is 4.68 Å². The highest BCUT2D eigenvalue weighted by Gasteiger charge is 2.28. The molecule has 0 radical (unpaired) electrons. The van der Waals surface area contributed by atoms with E-state index >= 15 is 0 Å². The number of nitrogens with zero attached hydrogens (tertiary/aromatic N) is 5. The summed E-state index contributed by atoms with van der Waals surface area (Å²) in [4.78, 5) is 2.14. The standard InChI is InChI=1S/C14H19N5O2/c1-11-8-18(9-13(21-11)10-20-2)14-15-16-17-19(14)12-6-4-3-5-7-12/h3-7,11,13H,8-10H2,1-2H3. The average Bonchev–Trinajstić information content (AvgIpc) is 2.97. The Balaban J connectivity index is 1.85. The molecule has 21 heavy (non-hydrogen) atoms. The molecule has 1 aromatic heterocycles. The van der Waals surface area contributed by atoms with Crippen LogP contribution in [0.4, 0.5) is 5.95 Å². The van der Waals surface area contributed by atoms with E-state index in [9.17, 15) is 0 Å². The Morgan fingerprint density at radius 2 is 2.10 bits per heavy atom. The Bertz CT molecular complexity index is 574. The number of benzene rings is 1. The molecule has 2 atom stereocenters. The van der Waals surface area contributed by atoms with Gasteiger partial charge >= 0.3 is 0 Å². The van der Waals surface area contributed by atoms with Gasteiger partial charge in [0, 0.05) is 20.2 Å². The maximum atomic E-state index is 5.86. The van der Waals surface area contributed by atoms with Gasteiger partial charge in [0.1, 0.15) is 0 Å². The SMILES string of the molecule is COCC1CN(c2nnnn2-c2ccccc2)CC(C)O1. The molecular formula is C14H19N5O2. The molecule has 1 aliphatic rings. The minimum atomic E-state index is 0.0275. The number of aromatic nitrogens is 4. The van der Waals surface area contributed by atoms with Crippen LogP contribution in [0.3, 0.4) is 0 Å². The van der Waals surface area contributed by atoms with Crippen LogP contribution in [0.25, 0.3) is 5.69 Å². The summed E-state index contributed by atoms with van der Waals surface area (Å²) in [6, 6.07) is 9.87. The van der Waals surface area contributed by atoms with Crippen molar-refractivity contribution in [1.29, 1.82) is 0 Å². The van der Waals surface area contributed by atoms with Crippen molar-refractivity contribution in [3.05, 3.63) is 30.3 Å². The molecule has 112 valence electrons. The lowest BCUT2D eigenvalue weighted by Gasteiger charge is -2.36. The van der Waals surface area contributed by atoms with Crippen LogP contribution in [0.5, 0.6) is 0 Å². The number of methoxy groups -OCH3 is 1. The topological polar surface area (TPSA) is 65.3 Å². The second kappa shape index (κ2) is 6.19. The fraction of sp³-hybridized carbons (Fsp3) is 0.500. The van der Waals surface area contributed by atoms with Crippen molar-refractivity contribution in [2.45, 2.75) is 19.1 Å². The van der Waals surface area contributed by atoms with E-state index in [-0.39, 0.29) is 12.2 Å². The second-order valence-electron chi connectivity index (χ2n) is 5.16. The van der Waals surface area contributed by atoms with E-state index in [0.717, 1.165) is 18.2 Å². The third kappa shape index (κ3) is 3.03. The summed E-state index contributed by atoms with van der Waals surface area (Å²) in [5.41, 5.74) is 0.944. The number of anilines is 1. The molecule has 1 aliphatic heterocycles. The molecule has 0 N–H and O–H groups in total. The number of morpholine rings is 1. The minimum absolute atomic E-state index is 0.0275. The van der Waals surface area contributed by atoms with Crippen LogP contribution in [0.1, 0.15) is 6.92 Å². The van der Waals surface area contributed by atoms with Gasteiger partial charge in [-0.15, -0.1) is 0 Å². The van der Waals surface area contributed by atoms with Crippen LogP contribution >= 0.6 is 0 Å². The first kappa shape index (κ1) is 14.0. The summed E-state index contributed by atoms with van der Waals surface area (Å²) in [6.45, 7) is 4.08. The van der Waals surface area contributed by atoms with Gasteiger partial charge in [0.15, 0.2) is 0 Å². The number of ether oxygens (including phenoxy) is 2. The van der Waals surface area contributed by atoms with E-state index in [2.05, 4.69) is 20.4 Å². The van der Waals surface area contributed by atoms with Crippen molar-refractivity contribution in [2.24, 2.45) is 0 Å². The molecule has 0 spiro atoms. The van der Waals surface area contributed by atoms with Crippen LogP contribution in [0.15, 0.2) is 30.3 Å². The van der Waals surface area contributed by atoms with Gasteiger partial charge in [0.05, 0.1) is 24.5 Å². The molecule has 1 aromatic carbocycles. The average molecular weight is 289 g/mol. The van der Waals surface area contributed by atoms with E-state index in [1.165, 1.54) is 0 Å². The first-order valence-corrected chi connectivity index (χ1v) is 7.01. The Labute approximate surface area is 123 Å². The third-order valence-electron chi connectivity index (χ3n) is 3.42. The highest BCUT2D eigenvalue weighted by molar-refractivity contribution is 5.41. The number of hydrogen-bond donors (Lipinski definition) is 0. The van der Waals surface area contributed by atoms with Crippen LogP contribution < -0.4 is 4.90 Å². The summed E-state index contributed by atoms with van der Waals surface area (Å²) in [7, 11) is 1.68. The molecule has 7 nitrogen and oxygen atoms in total. The van der Waals surface area contributed by atoms with Crippen LogP contribution in [-0.2, 0) is 9.47 Å². The molecular weight excluding hydrogens is 270 g/mol. The molecule has 0 aliphatic carbocycles. The Morgan fingerprint density at radius 1 is 1.29 bits per heavy atom. The normalized spacial score (nSPS) is 22.5. The smallest absolute Gasteiger partial charge is 0.250 e. The third-order valence-corrected chi connectivity index (χ3v) is 3.42. The molecule has 1 saturated heterocycles. The zero-order valence-corrected chi connectivity index (χ0v) is 12.2. The molecule has 1 fully saturated rings. The Morgan fingerprint density at radius 3 is 2.86 bits per heavy atom. The summed E-state index contributed by atoms with van der Waals surface area (Å²) in [6.07, 6.45) is 0.138. The van der Waals surface area contributed by atoms with Crippen molar-refractivity contribution in [1.82, 2.24) is 20.2 Å². The van der Waals surface area contributed by atoms with E-state index in [0.29, 0.717) is 13.2 Å². The summed E-state index contributed by atoms with van der Waals surface area (Å²) in [5.74, 6) is 0.734. The van der Waals surface area contributed by atoms with E-state index in [4.69, 9.17) is 9.47 Å². The zero-order valence-electron chi connectivity index (χ0n) is 12.2. The predicted molar refractivity (Wildman–Crippen MR) is 77.6 cm³/mol. The molecule has 2 aromatic rings. The van der Waals surface area contributed by atoms with E-state index in [1.807, 2.05) is 37.3 Å². The molecule has 0 saturated carbocycles. The lowest BCUT2D eigenvalue weighted by atomic mass is 10.2. The summed E-state index contributed by atoms with van der Waals surface area (Å²) in [5, 5.41) is 12.1. The number of tetrazole rings is 1. The second-order valence-corrected chi connectivity index (χ2v) is 5.16. The van der Waals surface area contributed by atoms with Gasteiger partial charge in [0.25, 0.3) is 5.95 Å². The zero-order chi connectivity index (χ0) is 14.7. The number of para-hydroxylation sites is 1. The summed E-state index contributed by atoms with van der Waals surface area (Å²) < 4.78 is 12.8. The monoisotopic (exact) mass is 289 g/mol. The molecule has 3 rings (SSSR count). The largest absolute Gasteiger partial charge is 0.382 e. The molecule has 0 amide bonds. The lowest BCUT2D eigenvalue weighted by Crippen LogP contribution is -2.49. The van der Waals surface area contributed by atoms with Gasteiger partial charge < -0.3 is 14.4 Å². The quantitative estimate of drug-likeness (QED) is 0.833. The van der Waals surface area contributed by atoms with E-state index in [1.54, 1.807) is 11.8 Å². The molecule has 2 unspecified atom stereocenters. The Kier molecular flexibility index (Phi) is 4.12. The van der Waals surface area contributed by atoms with Gasteiger partial charge in [-0.05, 0) is 29.5 Å². The number of hydrogen-bond acceptors (Lipinski definition) is 6. The maximum absolute atomic E-state index is 5.86. The fourth-order valence-corrected chi connectivity index (χ4v) is 2.60. The van der Waals surface area contributed by atoms with Crippen LogP contribution in [-0.4, -0.2) is 59.2 Å². The highest BCUT2D eigenvalue weighted by atomic mass is 16.5.